The quantitative estimate of drug-likeness (QED) is 0.471. The van der Waals surface area contributed by atoms with Crippen LogP contribution in [0.2, 0.25) is 0 Å². The molecule has 0 fully saturated rings. The molecule has 3 aromatic rings. The molecule has 1 amide bonds. The zero-order valence-electron chi connectivity index (χ0n) is 18.4. The fourth-order valence-electron chi connectivity index (χ4n) is 3.45. The summed E-state index contributed by atoms with van der Waals surface area (Å²) in [6.45, 7) is 6.26. The smallest absolute Gasteiger partial charge is 0.311 e. The van der Waals surface area contributed by atoms with Crippen LogP contribution in [0.4, 0.5) is 5.69 Å². The maximum absolute atomic E-state index is 12.4. The summed E-state index contributed by atoms with van der Waals surface area (Å²) in [7, 11) is 0. The van der Waals surface area contributed by atoms with Gasteiger partial charge in [0, 0.05) is 28.7 Å². The Morgan fingerprint density at radius 1 is 1.13 bits per heavy atom. The van der Waals surface area contributed by atoms with E-state index in [0.717, 1.165) is 27.7 Å². The zero-order chi connectivity index (χ0) is 22.4. The first-order valence-corrected chi connectivity index (χ1v) is 10.6. The van der Waals surface area contributed by atoms with Crippen LogP contribution in [0, 0.1) is 5.41 Å². The van der Waals surface area contributed by atoms with E-state index in [1.165, 1.54) is 0 Å². The average Bonchev–Trinajstić information content (AvgIpc) is 3.14. The molecule has 1 unspecified atom stereocenters. The number of anilines is 1. The predicted molar refractivity (Wildman–Crippen MR) is 124 cm³/mol. The number of H-pyrrole nitrogens is 1. The first kappa shape index (κ1) is 22.6. The summed E-state index contributed by atoms with van der Waals surface area (Å²) in [5.74, 6) is -0.241. The number of hydrogen-bond acceptors (Lipinski definition) is 4. The molecule has 164 valence electrons. The molecule has 0 aliphatic carbocycles. The van der Waals surface area contributed by atoms with Gasteiger partial charge in [0.25, 0.3) is 0 Å². The molecule has 6 nitrogen and oxygen atoms in total. The molecule has 3 rings (SSSR count). The van der Waals surface area contributed by atoms with Crippen LogP contribution >= 0.6 is 0 Å². The Morgan fingerprint density at radius 3 is 2.55 bits per heavy atom. The largest absolute Gasteiger partial charge is 0.465 e. The number of ether oxygens (including phenoxy) is 1. The number of amides is 1. The van der Waals surface area contributed by atoms with Gasteiger partial charge < -0.3 is 20.8 Å². The predicted octanol–water partition coefficient (Wildman–Crippen LogP) is 4.37. The van der Waals surface area contributed by atoms with Crippen LogP contribution in [0.25, 0.3) is 10.9 Å². The lowest BCUT2D eigenvalue weighted by Crippen LogP contribution is -2.24. The van der Waals surface area contributed by atoms with Crippen molar-refractivity contribution < 1.29 is 14.3 Å². The Labute approximate surface area is 183 Å². The first-order chi connectivity index (χ1) is 14.8. The van der Waals surface area contributed by atoms with Gasteiger partial charge in [0.2, 0.25) is 5.91 Å². The van der Waals surface area contributed by atoms with Gasteiger partial charge in [0.1, 0.15) is 0 Å². The number of nitrogens with two attached hydrogens (primary N) is 1. The minimum absolute atomic E-state index is 0.0387. The molecule has 0 bridgehead atoms. The van der Waals surface area contributed by atoms with Crippen LogP contribution in [0.1, 0.15) is 44.2 Å². The summed E-state index contributed by atoms with van der Waals surface area (Å²) in [5, 5.41) is 3.99. The van der Waals surface area contributed by atoms with Crippen LogP contribution in [0.3, 0.4) is 0 Å². The minimum Gasteiger partial charge on any atom is -0.465 e. The molecule has 31 heavy (non-hydrogen) atoms. The molecule has 1 aromatic heterocycles. The van der Waals surface area contributed by atoms with Crippen LogP contribution in [-0.2, 0) is 20.7 Å². The van der Waals surface area contributed by atoms with Gasteiger partial charge >= 0.3 is 5.97 Å². The molecule has 1 atom stereocenters. The number of aromatic nitrogens is 1. The number of fused-ring (bicyclic) bond motifs is 1. The van der Waals surface area contributed by atoms with Crippen molar-refractivity contribution in [2.45, 2.75) is 39.5 Å². The number of esters is 1. The van der Waals surface area contributed by atoms with E-state index in [0.29, 0.717) is 26.0 Å². The van der Waals surface area contributed by atoms with Crippen molar-refractivity contribution in [2.75, 3.05) is 18.5 Å². The molecular weight excluding hydrogens is 390 g/mol. The van der Waals surface area contributed by atoms with Crippen molar-refractivity contribution in [3.05, 3.63) is 65.9 Å². The molecular formula is C25H31N3O3. The Hall–Kier alpha value is -3.12. The summed E-state index contributed by atoms with van der Waals surface area (Å²) in [4.78, 5) is 27.7. The lowest BCUT2D eigenvalue weighted by molar-refractivity contribution is -0.153. The summed E-state index contributed by atoms with van der Waals surface area (Å²) >= 11 is 0. The molecule has 4 N–H and O–H groups in total. The van der Waals surface area contributed by atoms with Crippen molar-refractivity contribution >= 4 is 28.5 Å². The van der Waals surface area contributed by atoms with E-state index in [2.05, 4.69) is 10.3 Å². The van der Waals surface area contributed by atoms with Crippen LogP contribution < -0.4 is 11.1 Å². The number of carbonyl (C=O) groups is 2. The molecule has 0 radical (unpaired) electrons. The number of rotatable bonds is 8. The molecule has 6 heteroatoms. The van der Waals surface area contributed by atoms with Crippen LogP contribution in [0.15, 0.2) is 54.7 Å². The Kier molecular flexibility index (Phi) is 7.13. The number of hydrogen-bond donors (Lipinski definition) is 3. The van der Waals surface area contributed by atoms with E-state index in [-0.39, 0.29) is 17.8 Å². The Bertz CT molecular complexity index is 1040. The second kappa shape index (κ2) is 9.79. The summed E-state index contributed by atoms with van der Waals surface area (Å²) in [6.07, 6.45) is 2.91. The highest BCUT2D eigenvalue weighted by Gasteiger charge is 2.23. The average molecular weight is 422 g/mol. The third-order valence-corrected chi connectivity index (χ3v) is 5.24. The van der Waals surface area contributed by atoms with E-state index in [1.54, 1.807) is 0 Å². The number of aromatic amines is 1. The summed E-state index contributed by atoms with van der Waals surface area (Å²) in [6, 6.07) is 15.4. The number of benzene rings is 2. The van der Waals surface area contributed by atoms with Gasteiger partial charge in [-0.05, 0) is 63.1 Å². The Morgan fingerprint density at radius 2 is 1.87 bits per heavy atom. The van der Waals surface area contributed by atoms with Crippen molar-refractivity contribution in [3.8, 4) is 0 Å². The molecule has 2 aromatic carbocycles. The van der Waals surface area contributed by atoms with Crippen molar-refractivity contribution in [1.29, 1.82) is 0 Å². The van der Waals surface area contributed by atoms with E-state index in [4.69, 9.17) is 10.5 Å². The molecule has 0 spiro atoms. The van der Waals surface area contributed by atoms with E-state index in [1.807, 2.05) is 75.5 Å². The minimum atomic E-state index is -0.522. The monoisotopic (exact) mass is 421 g/mol. The fourth-order valence-corrected chi connectivity index (χ4v) is 3.45. The van der Waals surface area contributed by atoms with Crippen LogP contribution in [0.5, 0.6) is 0 Å². The topological polar surface area (TPSA) is 97.2 Å². The van der Waals surface area contributed by atoms with Gasteiger partial charge in [-0.15, -0.1) is 0 Å². The van der Waals surface area contributed by atoms with Gasteiger partial charge in [-0.25, -0.2) is 0 Å². The van der Waals surface area contributed by atoms with E-state index in [9.17, 15) is 9.59 Å². The van der Waals surface area contributed by atoms with Gasteiger partial charge in [-0.2, -0.15) is 0 Å². The van der Waals surface area contributed by atoms with Crippen molar-refractivity contribution in [3.63, 3.8) is 0 Å². The first-order valence-electron chi connectivity index (χ1n) is 10.6. The highest BCUT2D eigenvalue weighted by molar-refractivity contribution is 5.95. The number of nitrogens with one attached hydrogen (secondary N) is 2. The Balaban J connectivity index is 1.69. The molecule has 0 aliphatic heterocycles. The number of carbonyl (C=O) groups excluding carboxylic acids is 2. The lowest BCUT2D eigenvalue weighted by atomic mass is 9.95. The summed E-state index contributed by atoms with van der Waals surface area (Å²) < 4.78 is 5.42. The van der Waals surface area contributed by atoms with Gasteiger partial charge in [0.15, 0.2) is 0 Å². The van der Waals surface area contributed by atoms with Gasteiger partial charge in [-0.3, -0.25) is 9.59 Å². The van der Waals surface area contributed by atoms with Gasteiger partial charge in [0.05, 0.1) is 18.4 Å². The second-order valence-electron chi connectivity index (χ2n) is 8.82. The maximum Gasteiger partial charge on any atom is 0.311 e. The lowest BCUT2D eigenvalue weighted by Gasteiger charge is -2.19. The highest BCUT2D eigenvalue weighted by atomic mass is 16.5. The molecule has 1 heterocycles. The summed E-state index contributed by atoms with van der Waals surface area (Å²) in [5.41, 5.74) is 9.26. The third kappa shape index (κ3) is 5.95. The molecule has 0 saturated carbocycles. The van der Waals surface area contributed by atoms with Crippen molar-refractivity contribution in [1.82, 2.24) is 4.98 Å². The standard InChI is InChI=1S/C25H31N3O3/c1-25(2,3)24(30)31-12-11-18(15-26)21-16-27-22-10-9-19(14-20(21)22)28-23(29)13-17-7-5-4-6-8-17/h4-10,14,16,18,27H,11-13,15,26H2,1-3H3,(H,28,29). The third-order valence-electron chi connectivity index (χ3n) is 5.24. The normalized spacial score (nSPS) is 12.5. The fraction of sp³-hybridized carbons (Fsp3) is 0.360. The van der Waals surface area contributed by atoms with E-state index >= 15 is 0 Å². The molecule has 0 saturated heterocycles. The van der Waals surface area contributed by atoms with Crippen LogP contribution in [-0.4, -0.2) is 30.0 Å². The van der Waals surface area contributed by atoms with Gasteiger partial charge in [-0.1, -0.05) is 30.3 Å². The molecule has 0 aliphatic rings. The maximum atomic E-state index is 12.4. The second-order valence-corrected chi connectivity index (χ2v) is 8.82. The highest BCUT2D eigenvalue weighted by Crippen LogP contribution is 2.30. The SMILES string of the molecule is CC(C)(C)C(=O)OCCC(CN)c1c[nH]c2ccc(NC(=O)Cc3ccccc3)cc12. The zero-order valence-corrected chi connectivity index (χ0v) is 18.4. The van der Waals surface area contributed by atoms with Crippen molar-refractivity contribution in [2.24, 2.45) is 11.1 Å². The van der Waals surface area contributed by atoms with E-state index < -0.39 is 5.41 Å².